The van der Waals surface area contributed by atoms with Gasteiger partial charge < -0.3 is 40.2 Å². The summed E-state index contributed by atoms with van der Waals surface area (Å²) in [6.07, 6.45) is -10.7. The van der Waals surface area contributed by atoms with Crippen molar-refractivity contribution in [3.05, 3.63) is 108 Å². The minimum atomic E-state index is -5.08. The Balaban J connectivity index is 0.000000202. The molecule has 66 heavy (non-hydrogen) atoms. The summed E-state index contributed by atoms with van der Waals surface area (Å²) >= 11 is 0. The van der Waals surface area contributed by atoms with E-state index in [2.05, 4.69) is 50.9 Å². The number of benzene rings is 4. The number of H-pyrrole nitrogens is 2. The fourth-order valence-corrected chi connectivity index (χ4v) is 4.86. The van der Waals surface area contributed by atoms with Crippen molar-refractivity contribution in [3.63, 3.8) is 0 Å². The number of aliphatic hydroxyl groups excluding tert-OH is 1. The van der Waals surface area contributed by atoms with Crippen LogP contribution in [0.25, 0.3) is 22.3 Å². The number of esters is 1. The number of carboxylic acids is 2. The van der Waals surface area contributed by atoms with E-state index in [0.29, 0.717) is 16.9 Å². The van der Waals surface area contributed by atoms with Crippen LogP contribution in [0.4, 0.5) is 62.5 Å². The molecule has 4 aromatic carbocycles. The highest BCUT2D eigenvalue weighted by Gasteiger charge is 2.38. The summed E-state index contributed by atoms with van der Waals surface area (Å²) < 4.78 is 118. The molecule has 8 rings (SSSR count). The fourth-order valence-electron chi connectivity index (χ4n) is 4.86. The molecule has 17 nitrogen and oxygen atoms in total. The lowest BCUT2D eigenvalue weighted by atomic mass is 10.1. The first kappa shape index (κ1) is 49.1. The average molecular weight is 941 g/mol. The number of rotatable bonds is 11. The Bertz CT molecular complexity index is 2530. The van der Waals surface area contributed by atoms with Crippen LogP contribution in [0.1, 0.15) is 46.7 Å². The Morgan fingerprint density at radius 2 is 0.879 bits per heavy atom. The van der Waals surface area contributed by atoms with Crippen LogP contribution >= 0.6 is 0 Å². The van der Waals surface area contributed by atoms with Gasteiger partial charge in [0, 0.05) is 11.4 Å². The third-order valence-electron chi connectivity index (χ3n) is 8.22. The van der Waals surface area contributed by atoms with Gasteiger partial charge >= 0.3 is 36.8 Å². The van der Waals surface area contributed by atoms with Gasteiger partial charge in [0.25, 0.3) is 0 Å². The van der Waals surface area contributed by atoms with Crippen LogP contribution in [0.3, 0.4) is 0 Å². The Kier molecular flexibility index (Phi) is 15.8. The number of aliphatic hydroxyl groups is 1. The number of nitrogens with one attached hydrogen (secondary N) is 4. The van der Waals surface area contributed by atoms with E-state index in [-0.39, 0.29) is 46.7 Å². The summed E-state index contributed by atoms with van der Waals surface area (Å²) in [7, 11) is 0. The van der Waals surface area contributed by atoms with Crippen LogP contribution in [0, 0.1) is 0 Å². The predicted molar refractivity (Wildman–Crippen MR) is 211 cm³/mol. The van der Waals surface area contributed by atoms with E-state index in [1.807, 2.05) is 0 Å². The van der Waals surface area contributed by atoms with Gasteiger partial charge in [-0.2, -0.15) is 23.6 Å². The zero-order valence-corrected chi connectivity index (χ0v) is 33.2. The second-order valence-corrected chi connectivity index (χ2v) is 13.5. The van der Waals surface area contributed by atoms with E-state index in [1.54, 1.807) is 48.5 Å². The van der Waals surface area contributed by atoms with Crippen molar-refractivity contribution in [3.8, 4) is 33.8 Å². The number of carboxylic acid groups (broad SMARTS) is 2. The molecule has 2 aromatic heterocycles. The molecular formula is C40H33F9N8O9. The lowest BCUT2D eigenvalue weighted by Crippen LogP contribution is -2.21. The molecule has 0 atom stereocenters. The lowest BCUT2D eigenvalue weighted by Gasteiger charge is -2.10. The molecule has 0 amide bonds. The number of aromatic amines is 2. The van der Waals surface area contributed by atoms with Crippen molar-refractivity contribution in [1.29, 1.82) is 0 Å². The molecule has 7 N–H and O–H groups in total. The maximum atomic E-state index is 12.2. The van der Waals surface area contributed by atoms with Gasteiger partial charge in [-0.3, -0.25) is 0 Å². The highest BCUT2D eigenvalue weighted by molar-refractivity contribution is 5.93. The molecule has 350 valence electrons. The van der Waals surface area contributed by atoms with Crippen molar-refractivity contribution in [2.45, 2.75) is 56.8 Å². The summed E-state index contributed by atoms with van der Waals surface area (Å²) in [5.74, 6) is -4.79. The van der Waals surface area contributed by atoms with E-state index in [4.69, 9.17) is 24.9 Å². The number of halogens is 9. The normalized spacial score (nSPS) is 13.2. The van der Waals surface area contributed by atoms with Gasteiger partial charge in [0.05, 0.1) is 6.10 Å². The topological polar surface area (TPSA) is 247 Å². The zero-order chi connectivity index (χ0) is 48.2. The molecule has 0 spiro atoms. The number of alkyl halides is 9. The number of anilines is 4. The Morgan fingerprint density at radius 3 is 1.18 bits per heavy atom. The quantitative estimate of drug-likeness (QED) is 0.0473. The van der Waals surface area contributed by atoms with Crippen molar-refractivity contribution in [2.75, 3.05) is 10.6 Å². The van der Waals surface area contributed by atoms with Crippen molar-refractivity contribution in [2.24, 2.45) is 0 Å². The van der Waals surface area contributed by atoms with Crippen LogP contribution in [-0.4, -0.2) is 95.2 Å². The first-order valence-corrected chi connectivity index (χ1v) is 18.7. The van der Waals surface area contributed by atoms with Crippen LogP contribution < -0.4 is 20.1 Å². The van der Waals surface area contributed by atoms with E-state index < -0.39 is 36.8 Å². The largest absolute Gasteiger partial charge is 0.573 e. The molecule has 2 saturated carbocycles. The van der Waals surface area contributed by atoms with Gasteiger partial charge in [0.1, 0.15) is 17.6 Å². The average Bonchev–Trinajstić information content (AvgIpc) is 4.13. The number of hydrogen-bond acceptors (Lipinski definition) is 13. The monoisotopic (exact) mass is 940 g/mol. The molecule has 26 heteroatoms. The third-order valence-corrected chi connectivity index (χ3v) is 8.22. The van der Waals surface area contributed by atoms with Crippen LogP contribution in [0.5, 0.6) is 11.5 Å². The minimum Gasteiger partial charge on any atom is -0.476 e. The molecule has 6 aromatic rings. The number of aromatic carboxylic acids is 1. The Morgan fingerprint density at radius 1 is 0.545 bits per heavy atom. The fraction of sp³-hybridized carbons (Fsp3) is 0.225. The molecule has 0 bridgehead atoms. The first-order valence-electron chi connectivity index (χ1n) is 18.7. The number of aliphatic carboxylic acids is 1. The second-order valence-electron chi connectivity index (χ2n) is 13.5. The molecule has 2 aliphatic carbocycles. The number of nitrogens with zero attached hydrogens (tertiary/aromatic N) is 4. The maximum Gasteiger partial charge on any atom is 0.573 e. The van der Waals surface area contributed by atoms with Gasteiger partial charge in [-0.1, -0.05) is 48.5 Å². The van der Waals surface area contributed by atoms with E-state index >= 15 is 0 Å². The number of hydrogen-bond donors (Lipinski definition) is 7. The summed E-state index contributed by atoms with van der Waals surface area (Å²) in [4.78, 5) is 31.9. The molecule has 0 radical (unpaired) electrons. The lowest BCUT2D eigenvalue weighted by molar-refractivity contribution is -0.275. The smallest absolute Gasteiger partial charge is 0.476 e. The highest BCUT2D eigenvalue weighted by Crippen LogP contribution is 2.31. The van der Waals surface area contributed by atoms with E-state index in [0.717, 1.165) is 42.4 Å². The number of aromatic nitrogens is 6. The van der Waals surface area contributed by atoms with Crippen molar-refractivity contribution < 1.29 is 83.4 Å². The summed E-state index contributed by atoms with van der Waals surface area (Å²) in [6.45, 7) is 0. The molecule has 2 heterocycles. The van der Waals surface area contributed by atoms with Crippen LogP contribution in [-0.2, 0) is 9.53 Å². The van der Waals surface area contributed by atoms with Gasteiger partial charge in [-0.05, 0) is 96.5 Å². The minimum absolute atomic E-state index is 0.0424. The molecule has 2 fully saturated rings. The number of carbonyl (C=O) groups excluding carboxylic acids is 1. The molecule has 2 aliphatic rings. The van der Waals surface area contributed by atoms with E-state index in [9.17, 15) is 49.1 Å². The van der Waals surface area contributed by atoms with Gasteiger partial charge in [0.15, 0.2) is 11.6 Å². The molecule has 0 unspecified atom stereocenters. The standard InChI is InChI=1S/C19H15F3N4O3.C16H11F3N4O3.C3H6O.C2HF3O2/c20-19(21,22)29-15-7-3-12(4-8-15)11-1-5-13(6-2-11)23-17-16(24-26-25-17)18(27)28-14-9-10-14;17-16(18,19)26-12-7-3-10(4-8-12)9-1-5-11(6-2-9)20-14-13(15(24)25)21-23-22-14;4-3-1-2-3;3-2(4,5)1(6)7/h1-8,14H,9-10H2,(H2,23,24,25,26);1-8H,(H,24,25)(H2,20,21,22,23);3-4H,1-2H2;(H,6,7). The first-order chi connectivity index (χ1) is 31.0. The van der Waals surface area contributed by atoms with Crippen molar-refractivity contribution >= 4 is 40.9 Å². The predicted octanol–water partition coefficient (Wildman–Crippen LogP) is 9.02. The van der Waals surface area contributed by atoms with Gasteiger partial charge in [-0.25, -0.2) is 14.4 Å². The van der Waals surface area contributed by atoms with Crippen molar-refractivity contribution in [1.82, 2.24) is 30.8 Å². The summed E-state index contributed by atoms with van der Waals surface area (Å²) in [5.41, 5.74) is 4.02. The molecular weight excluding hydrogens is 907 g/mol. The Hall–Kier alpha value is -7.90. The summed E-state index contributed by atoms with van der Waals surface area (Å²) in [5, 5.41) is 49.7. The molecule has 0 saturated heterocycles. The second kappa shape index (κ2) is 21.2. The van der Waals surface area contributed by atoms with Gasteiger partial charge in [0.2, 0.25) is 11.4 Å². The molecule has 0 aliphatic heterocycles. The van der Waals surface area contributed by atoms with Crippen LogP contribution in [0.2, 0.25) is 0 Å². The van der Waals surface area contributed by atoms with E-state index in [1.165, 1.54) is 48.5 Å². The maximum absolute atomic E-state index is 12.2. The number of carbonyl (C=O) groups is 3. The Labute approximate surface area is 364 Å². The third kappa shape index (κ3) is 16.3. The number of ether oxygens (including phenoxy) is 3. The SMILES string of the molecule is O=C(O)C(F)(F)F.O=C(O)c1n[nH]nc1Nc1ccc(-c2ccc(OC(F)(F)F)cc2)cc1.O=C(OC1CC1)c1n[nH]nc1Nc1ccc(-c2ccc(OC(F)(F)F)cc2)cc1.OC1CC1. The van der Waals surface area contributed by atoms with Gasteiger partial charge in [-0.15, -0.1) is 46.7 Å². The van der Waals surface area contributed by atoms with Crippen LogP contribution in [0.15, 0.2) is 97.1 Å². The zero-order valence-electron chi connectivity index (χ0n) is 33.2. The highest BCUT2D eigenvalue weighted by atomic mass is 19.4. The summed E-state index contributed by atoms with van der Waals surface area (Å²) in [6, 6.07) is 24.9.